The van der Waals surface area contributed by atoms with Gasteiger partial charge in [-0.25, -0.2) is 8.78 Å². The van der Waals surface area contributed by atoms with Crippen LogP contribution in [-0.4, -0.2) is 4.57 Å². The first-order chi connectivity index (χ1) is 8.17. The Labute approximate surface area is 99.4 Å². The Morgan fingerprint density at radius 1 is 1.24 bits per heavy atom. The minimum atomic E-state index is -0.805. The Morgan fingerprint density at radius 2 is 1.94 bits per heavy atom. The summed E-state index contributed by atoms with van der Waals surface area (Å²) in [5.41, 5.74) is 1.63. The van der Waals surface area contributed by atoms with E-state index in [0.29, 0.717) is 0 Å². The van der Waals surface area contributed by atoms with Crippen molar-refractivity contribution < 1.29 is 8.78 Å². The molecule has 1 heterocycles. The van der Waals surface area contributed by atoms with E-state index in [-0.39, 0.29) is 0 Å². The largest absolute Gasteiger partial charge is 0.341 e. The van der Waals surface area contributed by atoms with Gasteiger partial charge in [-0.2, -0.15) is 0 Å². The molecule has 2 rings (SSSR count). The van der Waals surface area contributed by atoms with E-state index in [1.807, 2.05) is 10.6 Å². The maximum absolute atomic E-state index is 13.2. The third-order valence-electron chi connectivity index (χ3n) is 2.92. The van der Waals surface area contributed by atoms with Gasteiger partial charge in [-0.1, -0.05) is 19.9 Å². The lowest BCUT2D eigenvalue weighted by Crippen LogP contribution is -2.00. The van der Waals surface area contributed by atoms with Crippen LogP contribution in [0.1, 0.15) is 25.5 Å². The van der Waals surface area contributed by atoms with E-state index in [9.17, 15) is 8.78 Å². The molecule has 0 unspecified atom stereocenters. The highest BCUT2D eigenvalue weighted by Crippen LogP contribution is 2.24. The summed E-state index contributed by atoms with van der Waals surface area (Å²) in [5.74, 6) is -1.61. The molecule has 0 amide bonds. The minimum absolute atomic E-state index is 0.718. The van der Waals surface area contributed by atoms with Crippen LogP contribution in [0.5, 0.6) is 0 Å². The van der Waals surface area contributed by atoms with Crippen molar-refractivity contribution >= 4 is 17.0 Å². The lowest BCUT2D eigenvalue weighted by atomic mass is 10.2. The summed E-state index contributed by atoms with van der Waals surface area (Å²) in [5, 5.41) is 0.718. The highest BCUT2D eigenvalue weighted by atomic mass is 19.2. The number of aryl methyl sites for hydroxylation is 1. The number of unbranched alkanes of at least 4 members (excludes halogenated alkanes) is 1. The predicted octanol–water partition coefficient (Wildman–Crippen LogP) is 4.36. The fraction of sp³-hybridized carbons (Fsp3) is 0.286. The first-order valence-corrected chi connectivity index (χ1v) is 5.78. The van der Waals surface area contributed by atoms with Crippen LogP contribution < -0.4 is 0 Å². The Balaban J connectivity index is 2.61. The van der Waals surface area contributed by atoms with Crippen LogP contribution in [0, 0.1) is 11.6 Å². The Kier molecular flexibility index (Phi) is 3.27. The molecule has 0 saturated heterocycles. The van der Waals surface area contributed by atoms with E-state index in [2.05, 4.69) is 13.5 Å². The molecule has 17 heavy (non-hydrogen) atoms. The molecule has 0 spiro atoms. The molecule has 3 heteroatoms. The summed E-state index contributed by atoms with van der Waals surface area (Å²) >= 11 is 0. The molecule has 0 aliphatic rings. The topological polar surface area (TPSA) is 4.93 Å². The molecule has 1 aromatic heterocycles. The summed E-state index contributed by atoms with van der Waals surface area (Å²) in [6, 6.07) is 4.33. The molecular weight excluding hydrogens is 220 g/mol. The van der Waals surface area contributed by atoms with Crippen LogP contribution in [0.3, 0.4) is 0 Å². The summed E-state index contributed by atoms with van der Waals surface area (Å²) in [4.78, 5) is 0. The molecule has 2 aromatic rings. The molecule has 0 fully saturated rings. The zero-order chi connectivity index (χ0) is 12.4. The third-order valence-corrected chi connectivity index (χ3v) is 2.92. The number of benzene rings is 1. The number of nitrogens with zero attached hydrogens (tertiary/aromatic N) is 1. The van der Waals surface area contributed by atoms with Gasteiger partial charge in [-0.3, -0.25) is 0 Å². The smallest absolute Gasteiger partial charge is 0.160 e. The molecule has 0 aliphatic heterocycles. The lowest BCUT2D eigenvalue weighted by molar-refractivity contribution is 0.510. The van der Waals surface area contributed by atoms with E-state index in [4.69, 9.17) is 0 Å². The van der Waals surface area contributed by atoms with Gasteiger partial charge in [0.1, 0.15) is 0 Å². The monoisotopic (exact) mass is 235 g/mol. The van der Waals surface area contributed by atoms with Crippen LogP contribution in [0.2, 0.25) is 0 Å². The number of halogens is 2. The normalized spacial score (nSPS) is 11.0. The van der Waals surface area contributed by atoms with Crippen LogP contribution in [0.15, 0.2) is 24.8 Å². The fourth-order valence-corrected chi connectivity index (χ4v) is 2.01. The second-order valence-electron chi connectivity index (χ2n) is 4.10. The van der Waals surface area contributed by atoms with Gasteiger partial charge in [0.25, 0.3) is 0 Å². The summed E-state index contributed by atoms with van der Waals surface area (Å²) in [7, 11) is 0. The highest BCUT2D eigenvalue weighted by Gasteiger charge is 2.10. The summed E-state index contributed by atoms with van der Waals surface area (Å²) < 4.78 is 28.4. The standard InChI is InChI=1S/C14H15F2N/c1-3-5-6-17-11(4-2)7-10-8-12(15)13(16)9-14(10)17/h4,7-9H,2-3,5-6H2,1H3. The second kappa shape index (κ2) is 4.70. The fourth-order valence-electron chi connectivity index (χ4n) is 2.01. The molecule has 1 nitrogen and oxygen atoms in total. The predicted molar refractivity (Wildman–Crippen MR) is 66.9 cm³/mol. The average Bonchev–Trinajstić information content (AvgIpc) is 2.64. The Bertz CT molecular complexity index is 555. The van der Waals surface area contributed by atoms with Gasteiger partial charge in [-0.05, 0) is 24.6 Å². The van der Waals surface area contributed by atoms with Crippen LogP contribution in [0.25, 0.3) is 17.0 Å². The van der Waals surface area contributed by atoms with E-state index in [0.717, 1.165) is 36.0 Å². The van der Waals surface area contributed by atoms with Gasteiger partial charge in [0.15, 0.2) is 11.6 Å². The van der Waals surface area contributed by atoms with Crippen molar-refractivity contribution in [3.05, 3.63) is 42.1 Å². The average molecular weight is 235 g/mol. The summed E-state index contributed by atoms with van der Waals surface area (Å²) in [6.45, 7) is 6.63. The number of hydrogen-bond donors (Lipinski definition) is 0. The maximum Gasteiger partial charge on any atom is 0.160 e. The summed E-state index contributed by atoms with van der Waals surface area (Å²) in [6.07, 6.45) is 3.77. The van der Waals surface area contributed by atoms with Crippen molar-refractivity contribution in [2.75, 3.05) is 0 Å². The van der Waals surface area contributed by atoms with Crippen molar-refractivity contribution in [3.63, 3.8) is 0 Å². The van der Waals surface area contributed by atoms with E-state index in [1.165, 1.54) is 12.1 Å². The van der Waals surface area contributed by atoms with Gasteiger partial charge < -0.3 is 4.57 Å². The number of hydrogen-bond acceptors (Lipinski definition) is 0. The van der Waals surface area contributed by atoms with Gasteiger partial charge in [0.2, 0.25) is 0 Å². The van der Waals surface area contributed by atoms with Gasteiger partial charge in [0, 0.05) is 23.7 Å². The molecule has 0 aliphatic carbocycles. The number of rotatable bonds is 4. The molecule has 90 valence electrons. The number of fused-ring (bicyclic) bond motifs is 1. The van der Waals surface area contributed by atoms with E-state index in [1.54, 1.807) is 6.08 Å². The van der Waals surface area contributed by atoms with Gasteiger partial charge in [0.05, 0.1) is 5.52 Å². The first kappa shape index (κ1) is 11.8. The zero-order valence-corrected chi connectivity index (χ0v) is 9.84. The first-order valence-electron chi connectivity index (χ1n) is 5.78. The minimum Gasteiger partial charge on any atom is -0.341 e. The SMILES string of the molecule is C=Cc1cc2cc(F)c(F)cc2n1CCCC. The number of aromatic nitrogens is 1. The molecule has 0 N–H and O–H groups in total. The van der Waals surface area contributed by atoms with Crippen molar-refractivity contribution in [2.24, 2.45) is 0 Å². The lowest BCUT2D eigenvalue weighted by Gasteiger charge is -2.07. The van der Waals surface area contributed by atoms with E-state index >= 15 is 0 Å². The quantitative estimate of drug-likeness (QED) is 0.742. The van der Waals surface area contributed by atoms with Gasteiger partial charge >= 0.3 is 0 Å². The Hall–Kier alpha value is -1.64. The van der Waals surface area contributed by atoms with E-state index < -0.39 is 11.6 Å². The second-order valence-corrected chi connectivity index (χ2v) is 4.10. The molecule has 0 radical (unpaired) electrons. The molecular formula is C14H15F2N. The van der Waals surface area contributed by atoms with Crippen molar-refractivity contribution in [1.29, 1.82) is 0 Å². The molecule has 0 bridgehead atoms. The van der Waals surface area contributed by atoms with Crippen molar-refractivity contribution in [2.45, 2.75) is 26.3 Å². The van der Waals surface area contributed by atoms with Crippen LogP contribution in [-0.2, 0) is 6.54 Å². The zero-order valence-electron chi connectivity index (χ0n) is 9.84. The maximum atomic E-state index is 13.2. The van der Waals surface area contributed by atoms with Crippen LogP contribution >= 0.6 is 0 Å². The molecule has 0 atom stereocenters. The molecule has 1 aromatic carbocycles. The van der Waals surface area contributed by atoms with Gasteiger partial charge in [-0.15, -0.1) is 0 Å². The molecule has 0 saturated carbocycles. The highest BCUT2D eigenvalue weighted by molar-refractivity contribution is 5.83. The Morgan fingerprint density at radius 3 is 2.59 bits per heavy atom. The van der Waals surface area contributed by atoms with Crippen molar-refractivity contribution in [1.82, 2.24) is 4.57 Å². The third kappa shape index (κ3) is 2.09. The van der Waals surface area contributed by atoms with Crippen LogP contribution in [0.4, 0.5) is 8.78 Å². The van der Waals surface area contributed by atoms with Crippen molar-refractivity contribution in [3.8, 4) is 0 Å².